The fourth-order valence-corrected chi connectivity index (χ4v) is 3.73. The molecule has 0 radical (unpaired) electrons. The molecule has 4 rings (SSSR count). The molecule has 0 saturated carbocycles. The number of thiazole rings is 1. The van der Waals surface area contributed by atoms with Gasteiger partial charge in [0.1, 0.15) is 5.76 Å². The van der Waals surface area contributed by atoms with Crippen LogP contribution in [0.4, 0.5) is 5.13 Å². The van der Waals surface area contributed by atoms with E-state index < -0.39 is 0 Å². The van der Waals surface area contributed by atoms with Gasteiger partial charge in [-0.2, -0.15) is 0 Å². The number of carbonyl (C=O) groups excluding carboxylic acids is 1. The SMILES string of the molecule is Cc1ccc(-c2ccc(C(=O)Nc3nc(-c4ccc(Br)cc4)cs3)o2)cc1C. The Labute approximate surface area is 175 Å². The van der Waals surface area contributed by atoms with Crippen LogP contribution in [0.25, 0.3) is 22.6 Å². The van der Waals surface area contributed by atoms with Gasteiger partial charge in [-0.05, 0) is 55.3 Å². The minimum Gasteiger partial charge on any atom is -0.451 e. The Hall–Kier alpha value is -2.70. The van der Waals surface area contributed by atoms with Crippen LogP contribution >= 0.6 is 27.3 Å². The zero-order chi connectivity index (χ0) is 19.7. The maximum absolute atomic E-state index is 12.5. The van der Waals surface area contributed by atoms with Crippen molar-refractivity contribution in [1.29, 1.82) is 0 Å². The number of halogens is 1. The van der Waals surface area contributed by atoms with E-state index in [4.69, 9.17) is 4.42 Å². The Bertz CT molecular complexity index is 1150. The van der Waals surface area contributed by atoms with Crippen LogP contribution in [0, 0.1) is 13.8 Å². The molecule has 0 spiro atoms. The van der Waals surface area contributed by atoms with Crippen LogP contribution in [0.3, 0.4) is 0 Å². The molecule has 0 unspecified atom stereocenters. The highest BCUT2D eigenvalue weighted by molar-refractivity contribution is 9.10. The summed E-state index contributed by atoms with van der Waals surface area (Å²) in [6.45, 7) is 4.12. The standard InChI is InChI=1S/C22H17BrN2O2S/c1-13-3-4-16(11-14(13)2)19-9-10-20(27-19)21(26)25-22-24-18(12-28-22)15-5-7-17(23)8-6-15/h3-12H,1-2H3,(H,24,25,26). The van der Waals surface area contributed by atoms with Crippen molar-refractivity contribution in [1.82, 2.24) is 4.98 Å². The van der Waals surface area contributed by atoms with Crippen molar-refractivity contribution in [2.75, 3.05) is 5.32 Å². The van der Waals surface area contributed by atoms with Gasteiger partial charge in [-0.15, -0.1) is 11.3 Å². The number of hydrogen-bond donors (Lipinski definition) is 1. The van der Waals surface area contributed by atoms with Gasteiger partial charge < -0.3 is 4.42 Å². The van der Waals surface area contributed by atoms with Crippen molar-refractivity contribution in [3.63, 3.8) is 0 Å². The first-order valence-electron chi connectivity index (χ1n) is 8.70. The second-order valence-corrected chi connectivity index (χ2v) is 8.24. The van der Waals surface area contributed by atoms with E-state index in [1.807, 2.05) is 47.8 Å². The molecule has 0 fully saturated rings. The third-order valence-electron chi connectivity index (χ3n) is 4.49. The van der Waals surface area contributed by atoms with E-state index in [2.05, 4.69) is 46.1 Å². The van der Waals surface area contributed by atoms with Crippen molar-refractivity contribution < 1.29 is 9.21 Å². The fourth-order valence-electron chi connectivity index (χ4n) is 2.75. The monoisotopic (exact) mass is 452 g/mol. The number of benzene rings is 2. The molecular formula is C22H17BrN2O2S. The topological polar surface area (TPSA) is 55.1 Å². The van der Waals surface area contributed by atoms with E-state index >= 15 is 0 Å². The van der Waals surface area contributed by atoms with Gasteiger partial charge in [0.05, 0.1) is 5.69 Å². The number of nitrogens with zero attached hydrogens (tertiary/aromatic N) is 1. The van der Waals surface area contributed by atoms with Crippen LogP contribution in [0.5, 0.6) is 0 Å². The van der Waals surface area contributed by atoms with Gasteiger partial charge in [0, 0.05) is 21.0 Å². The number of carbonyl (C=O) groups is 1. The minimum absolute atomic E-state index is 0.258. The first kappa shape index (κ1) is 18.7. The Kier molecular flexibility index (Phi) is 5.15. The third kappa shape index (κ3) is 3.93. The average molecular weight is 453 g/mol. The van der Waals surface area contributed by atoms with E-state index in [0.717, 1.165) is 21.3 Å². The normalized spacial score (nSPS) is 10.8. The van der Waals surface area contributed by atoms with E-state index in [1.165, 1.54) is 22.5 Å². The van der Waals surface area contributed by atoms with Crippen molar-refractivity contribution in [3.8, 4) is 22.6 Å². The Morgan fingerprint density at radius 2 is 1.75 bits per heavy atom. The second kappa shape index (κ2) is 7.73. The number of aromatic nitrogens is 1. The molecule has 28 heavy (non-hydrogen) atoms. The lowest BCUT2D eigenvalue weighted by Gasteiger charge is -2.03. The number of furan rings is 1. The molecule has 0 bridgehead atoms. The molecule has 2 aromatic carbocycles. The molecule has 4 nitrogen and oxygen atoms in total. The zero-order valence-electron chi connectivity index (χ0n) is 15.3. The molecule has 0 aliphatic carbocycles. The van der Waals surface area contributed by atoms with E-state index in [0.29, 0.717) is 10.9 Å². The van der Waals surface area contributed by atoms with Gasteiger partial charge >= 0.3 is 0 Å². The van der Waals surface area contributed by atoms with Crippen molar-refractivity contribution >= 4 is 38.3 Å². The summed E-state index contributed by atoms with van der Waals surface area (Å²) in [4.78, 5) is 17.0. The second-order valence-electron chi connectivity index (χ2n) is 6.46. The molecule has 4 aromatic rings. The Morgan fingerprint density at radius 1 is 1.00 bits per heavy atom. The average Bonchev–Trinajstić information content (AvgIpc) is 3.34. The number of hydrogen-bond acceptors (Lipinski definition) is 4. The quantitative estimate of drug-likeness (QED) is 0.374. The summed E-state index contributed by atoms with van der Waals surface area (Å²) >= 11 is 4.80. The number of aryl methyl sites for hydroxylation is 2. The molecule has 0 aliphatic rings. The summed E-state index contributed by atoms with van der Waals surface area (Å²) < 4.78 is 6.77. The summed E-state index contributed by atoms with van der Waals surface area (Å²) in [5, 5.41) is 5.26. The predicted molar refractivity (Wildman–Crippen MR) is 117 cm³/mol. The summed E-state index contributed by atoms with van der Waals surface area (Å²) in [7, 11) is 0. The van der Waals surface area contributed by atoms with Gasteiger partial charge in [-0.3, -0.25) is 10.1 Å². The third-order valence-corrected chi connectivity index (χ3v) is 5.77. The summed E-state index contributed by atoms with van der Waals surface area (Å²) in [6, 6.07) is 17.5. The molecule has 0 aliphatic heterocycles. The number of anilines is 1. The number of nitrogens with one attached hydrogen (secondary N) is 1. The largest absolute Gasteiger partial charge is 0.451 e. The summed E-state index contributed by atoms with van der Waals surface area (Å²) in [5.41, 5.74) is 5.17. The predicted octanol–water partition coefficient (Wildman–Crippen LogP) is 6.70. The first-order valence-corrected chi connectivity index (χ1v) is 10.4. The van der Waals surface area contributed by atoms with Gasteiger partial charge in [0.25, 0.3) is 5.91 Å². The lowest BCUT2D eigenvalue weighted by atomic mass is 10.1. The Balaban J connectivity index is 1.49. The van der Waals surface area contributed by atoms with Crippen molar-refractivity contribution in [2.45, 2.75) is 13.8 Å². The molecule has 140 valence electrons. The van der Waals surface area contributed by atoms with Crippen molar-refractivity contribution in [3.05, 3.63) is 81.3 Å². The smallest absolute Gasteiger partial charge is 0.293 e. The van der Waals surface area contributed by atoms with Gasteiger partial charge in [0.2, 0.25) is 0 Å². The lowest BCUT2D eigenvalue weighted by Crippen LogP contribution is -2.10. The maximum atomic E-state index is 12.5. The molecule has 1 amide bonds. The van der Waals surface area contributed by atoms with Gasteiger partial charge in [-0.1, -0.05) is 40.2 Å². The van der Waals surface area contributed by atoms with Crippen LogP contribution in [-0.2, 0) is 0 Å². The van der Waals surface area contributed by atoms with Crippen LogP contribution in [-0.4, -0.2) is 10.9 Å². The lowest BCUT2D eigenvalue weighted by molar-refractivity contribution is 0.0997. The highest BCUT2D eigenvalue weighted by Crippen LogP contribution is 2.28. The van der Waals surface area contributed by atoms with E-state index in [1.54, 1.807) is 6.07 Å². The zero-order valence-corrected chi connectivity index (χ0v) is 17.7. The molecule has 0 atom stereocenters. The first-order chi connectivity index (χ1) is 13.5. The van der Waals surface area contributed by atoms with Gasteiger partial charge in [-0.25, -0.2) is 4.98 Å². The molecule has 1 N–H and O–H groups in total. The molecule has 0 saturated heterocycles. The van der Waals surface area contributed by atoms with E-state index in [9.17, 15) is 4.79 Å². The van der Waals surface area contributed by atoms with Crippen LogP contribution in [0.2, 0.25) is 0 Å². The van der Waals surface area contributed by atoms with Gasteiger partial charge in [0.15, 0.2) is 10.9 Å². The van der Waals surface area contributed by atoms with Crippen LogP contribution < -0.4 is 5.32 Å². The number of amides is 1. The van der Waals surface area contributed by atoms with Crippen molar-refractivity contribution in [2.24, 2.45) is 0 Å². The number of rotatable bonds is 4. The van der Waals surface area contributed by atoms with Crippen LogP contribution in [0.1, 0.15) is 21.7 Å². The summed E-state index contributed by atoms with van der Waals surface area (Å²) in [6.07, 6.45) is 0. The minimum atomic E-state index is -0.313. The summed E-state index contributed by atoms with van der Waals surface area (Å²) in [5.74, 6) is 0.614. The molecular weight excluding hydrogens is 436 g/mol. The fraction of sp³-hybridized carbons (Fsp3) is 0.0909. The maximum Gasteiger partial charge on any atom is 0.293 e. The molecule has 2 heterocycles. The highest BCUT2D eigenvalue weighted by atomic mass is 79.9. The highest BCUT2D eigenvalue weighted by Gasteiger charge is 2.15. The molecule has 2 aromatic heterocycles. The van der Waals surface area contributed by atoms with Crippen LogP contribution in [0.15, 0.2) is 68.9 Å². The Morgan fingerprint density at radius 3 is 2.50 bits per heavy atom. The van der Waals surface area contributed by atoms with E-state index in [-0.39, 0.29) is 11.7 Å². The molecule has 6 heteroatoms.